The second-order valence-corrected chi connectivity index (χ2v) is 6.46. The zero-order valence-electron chi connectivity index (χ0n) is 13.5. The van der Waals surface area contributed by atoms with Gasteiger partial charge in [-0.3, -0.25) is 14.0 Å². The average Bonchev–Trinajstić information content (AvgIpc) is 2.62. The summed E-state index contributed by atoms with van der Waals surface area (Å²) >= 11 is 0. The van der Waals surface area contributed by atoms with E-state index in [9.17, 15) is 4.79 Å². The lowest BCUT2D eigenvalue weighted by Gasteiger charge is -2.26. The highest BCUT2D eigenvalue weighted by Crippen LogP contribution is 2.26. The predicted molar refractivity (Wildman–Crippen MR) is 86.7 cm³/mol. The molecule has 1 aromatic carbocycles. The fourth-order valence-corrected chi connectivity index (χ4v) is 3.55. The molecular formula is C17H25N3O. The van der Waals surface area contributed by atoms with Gasteiger partial charge in [0.15, 0.2) is 0 Å². The summed E-state index contributed by atoms with van der Waals surface area (Å²) in [7, 11) is 0. The zero-order chi connectivity index (χ0) is 15.1. The first-order valence-electron chi connectivity index (χ1n) is 8.01. The Kier molecular flexibility index (Phi) is 3.66. The maximum Gasteiger partial charge on any atom is 0.329 e. The van der Waals surface area contributed by atoms with Gasteiger partial charge in [0.05, 0.1) is 11.0 Å². The van der Waals surface area contributed by atoms with Crippen molar-refractivity contribution in [1.82, 2.24) is 14.0 Å². The fourth-order valence-electron chi connectivity index (χ4n) is 3.55. The number of nitrogens with zero attached hydrogens (tertiary/aromatic N) is 3. The molecule has 1 aliphatic rings. The van der Waals surface area contributed by atoms with Gasteiger partial charge >= 0.3 is 5.69 Å². The third kappa shape index (κ3) is 2.22. The lowest BCUT2D eigenvalue weighted by Crippen LogP contribution is -2.37. The molecule has 3 rings (SSSR count). The molecule has 1 aromatic heterocycles. The molecule has 0 fully saturated rings. The smallest absolute Gasteiger partial charge is 0.295 e. The van der Waals surface area contributed by atoms with Crippen molar-refractivity contribution in [2.75, 3.05) is 6.54 Å². The van der Waals surface area contributed by atoms with Crippen molar-refractivity contribution in [1.29, 1.82) is 0 Å². The summed E-state index contributed by atoms with van der Waals surface area (Å²) < 4.78 is 3.92. The van der Waals surface area contributed by atoms with Crippen LogP contribution in [-0.4, -0.2) is 26.6 Å². The van der Waals surface area contributed by atoms with E-state index in [0.29, 0.717) is 6.04 Å². The lowest BCUT2D eigenvalue weighted by atomic mass is 10.1. The number of hydrogen-bond donors (Lipinski definition) is 0. The molecular weight excluding hydrogens is 262 g/mol. The molecule has 1 atom stereocenters. The summed E-state index contributed by atoms with van der Waals surface area (Å²) in [6.45, 7) is 11.4. The fraction of sp³-hybridized carbons (Fsp3) is 0.588. The number of imidazole rings is 1. The van der Waals surface area contributed by atoms with Crippen molar-refractivity contribution < 1.29 is 0 Å². The molecule has 1 unspecified atom stereocenters. The van der Waals surface area contributed by atoms with E-state index in [0.717, 1.165) is 37.1 Å². The molecule has 2 aromatic rings. The third-order valence-electron chi connectivity index (χ3n) is 4.54. The quantitative estimate of drug-likeness (QED) is 0.868. The van der Waals surface area contributed by atoms with Crippen LogP contribution in [0.25, 0.3) is 11.0 Å². The minimum absolute atomic E-state index is 0.137. The van der Waals surface area contributed by atoms with Gasteiger partial charge in [0, 0.05) is 25.2 Å². The Bertz CT molecular complexity index is 711. The van der Waals surface area contributed by atoms with Crippen LogP contribution in [0.1, 0.15) is 45.7 Å². The van der Waals surface area contributed by atoms with Crippen molar-refractivity contribution in [2.24, 2.45) is 0 Å². The van der Waals surface area contributed by atoms with Gasteiger partial charge in [-0.2, -0.15) is 0 Å². The molecule has 0 saturated heterocycles. The van der Waals surface area contributed by atoms with Gasteiger partial charge in [0.2, 0.25) is 0 Å². The Labute approximate surface area is 126 Å². The highest BCUT2D eigenvalue weighted by atomic mass is 16.1. The van der Waals surface area contributed by atoms with Gasteiger partial charge in [-0.15, -0.1) is 0 Å². The van der Waals surface area contributed by atoms with E-state index in [2.05, 4.69) is 50.8 Å². The molecule has 0 N–H and O–H groups in total. The second kappa shape index (κ2) is 5.34. The first-order chi connectivity index (χ1) is 10.0. The van der Waals surface area contributed by atoms with Crippen LogP contribution in [0, 0.1) is 0 Å². The summed E-state index contributed by atoms with van der Waals surface area (Å²) in [5.41, 5.74) is 3.64. The van der Waals surface area contributed by atoms with Crippen molar-refractivity contribution in [2.45, 2.75) is 59.3 Å². The van der Waals surface area contributed by atoms with E-state index >= 15 is 0 Å². The molecule has 0 aliphatic carbocycles. The van der Waals surface area contributed by atoms with Crippen LogP contribution >= 0.6 is 0 Å². The van der Waals surface area contributed by atoms with Crippen LogP contribution in [0.3, 0.4) is 0 Å². The van der Waals surface area contributed by atoms with E-state index in [1.54, 1.807) is 0 Å². The molecule has 0 radical (unpaired) electrons. The topological polar surface area (TPSA) is 30.2 Å². The summed E-state index contributed by atoms with van der Waals surface area (Å²) in [6.07, 6.45) is 1.14. The molecule has 1 aliphatic heterocycles. The van der Waals surface area contributed by atoms with Crippen molar-refractivity contribution in [3.63, 3.8) is 0 Å². The molecule has 0 spiro atoms. The van der Waals surface area contributed by atoms with Gasteiger partial charge in [-0.05, 0) is 45.4 Å². The minimum atomic E-state index is 0.137. The van der Waals surface area contributed by atoms with Crippen molar-refractivity contribution in [3.8, 4) is 0 Å². The van der Waals surface area contributed by atoms with Gasteiger partial charge in [0.1, 0.15) is 0 Å². The SMILES string of the molecule is CCCN1Cc2cccc3c2n(c(=O)n3C(C)C)CC1C. The number of para-hydroxylation sites is 1. The standard InChI is InChI=1S/C17H25N3O/c1-5-9-18-11-14-7-6-8-15-16(14)19(10-13(18)4)17(21)20(15)12(2)3/h6-8,12-13H,5,9-11H2,1-4H3. The Morgan fingerprint density at radius 1 is 1.33 bits per heavy atom. The summed E-state index contributed by atoms with van der Waals surface area (Å²) in [4.78, 5) is 15.3. The maximum atomic E-state index is 12.8. The number of rotatable bonds is 3. The normalized spacial score (nSPS) is 19.4. The van der Waals surface area contributed by atoms with Crippen LogP contribution in [0.4, 0.5) is 0 Å². The zero-order valence-corrected chi connectivity index (χ0v) is 13.5. The van der Waals surface area contributed by atoms with Gasteiger partial charge in [0.25, 0.3) is 0 Å². The minimum Gasteiger partial charge on any atom is -0.295 e. The molecule has 114 valence electrons. The molecule has 0 saturated carbocycles. The van der Waals surface area contributed by atoms with E-state index < -0.39 is 0 Å². The van der Waals surface area contributed by atoms with Crippen LogP contribution in [-0.2, 0) is 13.1 Å². The van der Waals surface area contributed by atoms with Crippen molar-refractivity contribution >= 4 is 11.0 Å². The Hall–Kier alpha value is -1.55. The van der Waals surface area contributed by atoms with Crippen molar-refractivity contribution in [3.05, 3.63) is 34.2 Å². The summed E-state index contributed by atoms with van der Waals surface area (Å²) in [6, 6.07) is 6.92. The highest BCUT2D eigenvalue weighted by molar-refractivity contribution is 5.80. The number of aromatic nitrogens is 2. The maximum absolute atomic E-state index is 12.8. The second-order valence-electron chi connectivity index (χ2n) is 6.46. The number of hydrogen-bond acceptors (Lipinski definition) is 2. The third-order valence-corrected chi connectivity index (χ3v) is 4.54. The largest absolute Gasteiger partial charge is 0.329 e. The van der Waals surface area contributed by atoms with E-state index in [-0.39, 0.29) is 11.7 Å². The van der Waals surface area contributed by atoms with Gasteiger partial charge in [-0.25, -0.2) is 4.79 Å². The predicted octanol–water partition coefficient (Wildman–Crippen LogP) is 3.00. The molecule has 0 amide bonds. The first kappa shape index (κ1) is 14.4. The van der Waals surface area contributed by atoms with Crippen LogP contribution < -0.4 is 5.69 Å². The number of benzene rings is 1. The molecule has 0 bridgehead atoms. The van der Waals surface area contributed by atoms with E-state index in [1.165, 1.54) is 5.56 Å². The van der Waals surface area contributed by atoms with Crippen LogP contribution in [0.2, 0.25) is 0 Å². The summed E-state index contributed by atoms with van der Waals surface area (Å²) in [5.74, 6) is 0. The summed E-state index contributed by atoms with van der Waals surface area (Å²) in [5, 5.41) is 0. The van der Waals surface area contributed by atoms with Crippen LogP contribution in [0.5, 0.6) is 0 Å². The Morgan fingerprint density at radius 3 is 2.76 bits per heavy atom. The monoisotopic (exact) mass is 287 g/mol. The Morgan fingerprint density at radius 2 is 2.10 bits per heavy atom. The lowest BCUT2D eigenvalue weighted by molar-refractivity contribution is 0.189. The molecule has 4 nitrogen and oxygen atoms in total. The van der Waals surface area contributed by atoms with E-state index in [1.807, 2.05) is 9.13 Å². The van der Waals surface area contributed by atoms with Gasteiger partial charge in [-0.1, -0.05) is 19.1 Å². The average molecular weight is 287 g/mol. The first-order valence-corrected chi connectivity index (χ1v) is 8.01. The van der Waals surface area contributed by atoms with E-state index in [4.69, 9.17) is 0 Å². The van der Waals surface area contributed by atoms with Gasteiger partial charge < -0.3 is 0 Å². The van der Waals surface area contributed by atoms with Crippen LogP contribution in [0.15, 0.2) is 23.0 Å². The molecule has 2 heterocycles. The molecule has 4 heteroatoms. The Balaban J connectivity index is 2.24. The highest BCUT2D eigenvalue weighted by Gasteiger charge is 2.25. The molecule has 21 heavy (non-hydrogen) atoms.